The van der Waals surface area contributed by atoms with Gasteiger partial charge in [-0.15, -0.1) is 11.3 Å². The van der Waals surface area contributed by atoms with Gasteiger partial charge in [-0.25, -0.2) is 9.97 Å². The lowest BCUT2D eigenvalue weighted by atomic mass is 9.94. The Morgan fingerprint density at radius 3 is 3.00 bits per heavy atom. The van der Waals surface area contributed by atoms with E-state index in [0.717, 1.165) is 61.3 Å². The molecule has 0 spiro atoms. The summed E-state index contributed by atoms with van der Waals surface area (Å²) in [6.45, 7) is 1.67. The first-order chi connectivity index (χ1) is 10.3. The maximum atomic E-state index is 5.92. The molecule has 0 radical (unpaired) electrons. The van der Waals surface area contributed by atoms with Crippen molar-refractivity contribution in [2.75, 3.05) is 18.5 Å². The van der Waals surface area contributed by atoms with E-state index in [1.54, 1.807) is 17.7 Å². The number of rotatable bonds is 6. The average Bonchev–Trinajstić information content (AvgIpc) is 2.98. The molecule has 0 bridgehead atoms. The van der Waals surface area contributed by atoms with Gasteiger partial charge in [0.15, 0.2) is 0 Å². The lowest BCUT2D eigenvalue weighted by Gasteiger charge is -2.26. The van der Waals surface area contributed by atoms with E-state index >= 15 is 0 Å². The maximum Gasteiger partial charge on any atom is 0.138 e. The summed E-state index contributed by atoms with van der Waals surface area (Å²) in [4.78, 5) is 9.58. The first kappa shape index (κ1) is 14.7. The van der Waals surface area contributed by atoms with Crippen molar-refractivity contribution in [2.24, 2.45) is 5.73 Å². The Morgan fingerprint density at radius 1 is 1.29 bits per heavy atom. The largest absolute Gasteiger partial charge is 0.378 e. The van der Waals surface area contributed by atoms with Crippen molar-refractivity contribution in [2.45, 2.75) is 44.2 Å². The van der Waals surface area contributed by atoms with Crippen molar-refractivity contribution in [3.63, 3.8) is 0 Å². The van der Waals surface area contributed by atoms with Crippen molar-refractivity contribution in [3.05, 3.63) is 17.8 Å². The maximum absolute atomic E-state index is 5.92. The summed E-state index contributed by atoms with van der Waals surface area (Å²) < 4.78 is 5.92. The van der Waals surface area contributed by atoms with Crippen molar-refractivity contribution >= 4 is 27.4 Å². The van der Waals surface area contributed by atoms with Crippen LogP contribution in [0.5, 0.6) is 0 Å². The second kappa shape index (κ2) is 7.15. The molecule has 1 fully saturated rings. The number of anilines is 1. The van der Waals surface area contributed by atoms with E-state index in [-0.39, 0.29) is 0 Å². The Bertz CT molecular complexity index is 566. The van der Waals surface area contributed by atoms with Crippen LogP contribution < -0.4 is 11.1 Å². The van der Waals surface area contributed by atoms with Crippen LogP contribution in [0.25, 0.3) is 10.2 Å². The van der Waals surface area contributed by atoms with E-state index in [0.29, 0.717) is 12.1 Å². The van der Waals surface area contributed by atoms with Crippen LogP contribution in [0.15, 0.2) is 17.8 Å². The first-order valence-corrected chi connectivity index (χ1v) is 8.50. The fourth-order valence-corrected chi connectivity index (χ4v) is 3.45. The summed E-state index contributed by atoms with van der Waals surface area (Å²) in [6.07, 6.45) is 7.42. The molecule has 0 unspecified atom stereocenters. The van der Waals surface area contributed by atoms with Crippen LogP contribution in [0.4, 0.5) is 5.82 Å². The lowest BCUT2D eigenvalue weighted by molar-refractivity contribution is 0.0251. The molecule has 1 aliphatic carbocycles. The van der Waals surface area contributed by atoms with Crippen molar-refractivity contribution < 1.29 is 4.74 Å². The van der Waals surface area contributed by atoms with Gasteiger partial charge in [0.25, 0.3) is 0 Å². The third-order valence-electron chi connectivity index (χ3n) is 3.95. The first-order valence-electron chi connectivity index (χ1n) is 7.62. The molecule has 2 aromatic heterocycles. The number of fused-ring (bicyclic) bond motifs is 1. The molecule has 114 valence electrons. The van der Waals surface area contributed by atoms with E-state index in [1.807, 2.05) is 5.38 Å². The molecule has 0 atom stereocenters. The minimum Gasteiger partial charge on any atom is -0.378 e. The molecule has 0 aromatic carbocycles. The van der Waals surface area contributed by atoms with Crippen LogP contribution in [0.2, 0.25) is 0 Å². The predicted molar refractivity (Wildman–Crippen MR) is 86.7 cm³/mol. The van der Waals surface area contributed by atoms with Crippen LogP contribution in [-0.2, 0) is 4.74 Å². The highest BCUT2D eigenvalue weighted by atomic mass is 32.1. The Balaban J connectivity index is 1.38. The minimum absolute atomic E-state index is 0.386. The zero-order chi connectivity index (χ0) is 14.5. The van der Waals surface area contributed by atoms with Crippen molar-refractivity contribution in [1.29, 1.82) is 0 Å². The van der Waals surface area contributed by atoms with Gasteiger partial charge in [-0.2, -0.15) is 0 Å². The van der Waals surface area contributed by atoms with Crippen molar-refractivity contribution in [3.8, 4) is 0 Å². The highest BCUT2D eigenvalue weighted by Gasteiger charge is 2.18. The third-order valence-corrected chi connectivity index (χ3v) is 4.77. The number of aromatic nitrogens is 2. The molecule has 2 heterocycles. The summed E-state index contributed by atoms with van der Waals surface area (Å²) in [5.74, 6) is 0.921. The second-order valence-electron chi connectivity index (χ2n) is 5.55. The number of nitrogens with two attached hydrogens (primary N) is 1. The molecule has 2 aromatic rings. The number of nitrogens with zero attached hydrogens (tertiary/aromatic N) is 2. The highest BCUT2D eigenvalue weighted by Crippen LogP contribution is 2.23. The molecular formula is C15H22N4OS. The van der Waals surface area contributed by atoms with E-state index in [1.165, 1.54) is 0 Å². The number of hydrogen-bond acceptors (Lipinski definition) is 6. The number of hydrogen-bond donors (Lipinski definition) is 2. The van der Waals surface area contributed by atoms with E-state index in [9.17, 15) is 0 Å². The minimum atomic E-state index is 0.386. The van der Waals surface area contributed by atoms with Gasteiger partial charge in [0, 0.05) is 19.2 Å². The van der Waals surface area contributed by atoms with Crippen LogP contribution in [0.1, 0.15) is 32.1 Å². The van der Waals surface area contributed by atoms with Gasteiger partial charge in [-0.3, -0.25) is 0 Å². The van der Waals surface area contributed by atoms with E-state index in [4.69, 9.17) is 10.5 Å². The highest BCUT2D eigenvalue weighted by molar-refractivity contribution is 7.16. The Hall–Kier alpha value is -1.24. The third kappa shape index (κ3) is 3.90. The quantitative estimate of drug-likeness (QED) is 0.803. The average molecular weight is 306 g/mol. The van der Waals surface area contributed by atoms with Crippen LogP contribution >= 0.6 is 11.3 Å². The second-order valence-corrected chi connectivity index (χ2v) is 6.44. The molecular weight excluding hydrogens is 284 g/mol. The van der Waals surface area contributed by atoms with Crippen LogP contribution in [0.3, 0.4) is 0 Å². The topological polar surface area (TPSA) is 73.1 Å². The molecule has 6 heteroatoms. The number of nitrogens with one attached hydrogen (secondary N) is 1. The van der Waals surface area contributed by atoms with Crippen LogP contribution in [-0.4, -0.2) is 35.3 Å². The van der Waals surface area contributed by atoms with Gasteiger partial charge in [0.2, 0.25) is 0 Å². The van der Waals surface area contributed by atoms with E-state index in [2.05, 4.69) is 21.4 Å². The smallest absolute Gasteiger partial charge is 0.138 e. The SMILES string of the molecule is NC1CCC(OCCCNc2ncnc3sccc23)CC1. The standard InChI is InChI=1S/C15H22N4OS/c16-11-2-4-12(5-3-11)20-8-1-7-17-14-13-6-9-21-15(13)19-10-18-14/h6,9-12H,1-5,7-8,16H2,(H,17,18,19). The number of ether oxygens (including phenoxy) is 1. The summed E-state index contributed by atoms with van der Waals surface area (Å²) in [5.41, 5.74) is 5.90. The van der Waals surface area contributed by atoms with Gasteiger partial charge in [0.1, 0.15) is 17.0 Å². The van der Waals surface area contributed by atoms with Gasteiger partial charge in [-0.1, -0.05) is 0 Å². The zero-order valence-electron chi connectivity index (χ0n) is 12.1. The van der Waals surface area contributed by atoms with Gasteiger partial charge in [-0.05, 0) is 43.6 Å². The fraction of sp³-hybridized carbons (Fsp3) is 0.600. The van der Waals surface area contributed by atoms with Crippen molar-refractivity contribution in [1.82, 2.24) is 9.97 Å². The summed E-state index contributed by atoms with van der Waals surface area (Å²) in [7, 11) is 0. The molecule has 3 rings (SSSR count). The molecule has 21 heavy (non-hydrogen) atoms. The summed E-state index contributed by atoms with van der Waals surface area (Å²) >= 11 is 1.64. The molecule has 3 N–H and O–H groups in total. The molecule has 0 amide bonds. The fourth-order valence-electron chi connectivity index (χ4n) is 2.72. The van der Waals surface area contributed by atoms with E-state index < -0.39 is 0 Å². The predicted octanol–water partition coefficient (Wildman–Crippen LogP) is 2.78. The molecule has 1 aliphatic rings. The Morgan fingerprint density at radius 2 is 2.14 bits per heavy atom. The van der Waals surface area contributed by atoms with Gasteiger partial charge in [0.05, 0.1) is 11.5 Å². The summed E-state index contributed by atoms with van der Waals surface area (Å²) in [6, 6.07) is 2.45. The molecule has 1 saturated carbocycles. The lowest BCUT2D eigenvalue weighted by Crippen LogP contribution is -2.30. The molecule has 0 saturated heterocycles. The number of thiophene rings is 1. The zero-order valence-corrected chi connectivity index (χ0v) is 12.9. The summed E-state index contributed by atoms with van der Waals surface area (Å²) in [5, 5.41) is 6.52. The van der Waals surface area contributed by atoms with Gasteiger partial charge >= 0.3 is 0 Å². The molecule has 0 aliphatic heterocycles. The van der Waals surface area contributed by atoms with Gasteiger partial charge < -0.3 is 15.8 Å². The normalized spacial score (nSPS) is 22.5. The monoisotopic (exact) mass is 306 g/mol. The Kier molecular flexibility index (Phi) is 5.00. The van der Waals surface area contributed by atoms with Crippen LogP contribution in [0, 0.1) is 0 Å². The Labute approximate surface area is 128 Å². The molecule has 5 nitrogen and oxygen atoms in total.